The van der Waals surface area contributed by atoms with Crippen LogP contribution in [0.2, 0.25) is 0 Å². The molecule has 1 fully saturated rings. The zero-order valence-corrected chi connectivity index (χ0v) is 11.1. The van der Waals surface area contributed by atoms with Crippen LogP contribution in [0.1, 0.15) is 39.5 Å². The van der Waals surface area contributed by atoms with Gasteiger partial charge in [0.1, 0.15) is 0 Å². The minimum Gasteiger partial charge on any atom is -0.393 e. The molecular formula is C12H22N2OS. The molecule has 1 heterocycles. The lowest BCUT2D eigenvalue weighted by atomic mass is 9.96. The van der Waals surface area contributed by atoms with Gasteiger partial charge in [-0.2, -0.15) is 0 Å². The van der Waals surface area contributed by atoms with E-state index in [1.165, 1.54) is 0 Å². The minimum atomic E-state index is 0.134. The van der Waals surface area contributed by atoms with E-state index in [0.717, 1.165) is 38.8 Å². The summed E-state index contributed by atoms with van der Waals surface area (Å²) in [5.41, 5.74) is 5.66. The molecule has 2 atom stereocenters. The summed E-state index contributed by atoms with van der Waals surface area (Å²) in [6, 6.07) is 0. The van der Waals surface area contributed by atoms with Crippen molar-refractivity contribution in [2.75, 3.05) is 13.1 Å². The van der Waals surface area contributed by atoms with E-state index >= 15 is 0 Å². The van der Waals surface area contributed by atoms with Gasteiger partial charge in [0.25, 0.3) is 0 Å². The van der Waals surface area contributed by atoms with Crippen LogP contribution in [0.3, 0.4) is 0 Å². The molecule has 0 aromatic rings. The Hall–Kier alpha value is -0.640. The van der Waals surface area contributed by atoms with E-state index in [9.17, 15) is 4.79 Å². The Kier molecular flexibility index (Phi) is 5.19. The largest absolute Gasteiger partial charge is 0.393 e. The van der Waals surface area contributed by atoms with Gasteiger partial charge in [-0.1, -0.05) is 32.5 Å². The second-order valence-electron chi connectivity index (χ2n) is 4.72. The van der Waals surface area contributed by atoms with Gasteiger partial charge in [-0.25, -0.2) is 0 Å². The number of nitrogens with two attached hydrogens (primary N) is 1. The number of carbonyl (C=O) groups is 1. The van der Waals surface area contributed by atoms with E-state index in [4.69, 9.17) is 18.0 Å². The van der Waals surface area contributed by atoms with Crippen LogP contribution >= 0.6 is 12.2 Å². The first-order valence-corrected chi connectivity index (χ1v) is 6.55. The van der Waals surface area contributed by atoms with Gasteiger partial charge in [-0.15, -0.1) is 0 Å². The lowest BCUT2D eigenvalue weighted by molar-refractivity contribution is -0.136. The van der Waals surface area contributed by atoms with Gasteiger partial charge in [0.15, 0.2) is 0 Å². The van der Waals surface area contributed by atoms with Crippen molar-refractivity contribution in [3.63, 3.8) is 0 Å². The number of hydrogen-bond acceptors (Lipinski definition) is 2. The predicted molar refractivity (Wildman–Crippen MR) is 70.2 cm³/mol. The zero-order valence-electron chi connectivity index (χ0n) is 10.2. The number of rotatable bonds is 4. The zero-order chi connectivity index (χ0) is 12.1. The summed E-state index contributed by atoms with van der Waals surface area (Å²) in [5, 5.41) is 0. The quantitative estimate of drug-likeness (QED) is 0.766. The Bertz CT molecular complexity index is 268. The average molecular weight is 242 g/mol. The van der Waals surface area contributed by atoms with Crippen LogP contribution in [0.5, 0.6) is 0 Å². The average Bonchev–Trinajstić information content (AvgIpc) is 2.28. The molecular weight excluding hydrogens is 220 g/mol. The molecule has 2 unspecified atom stereocenters. The Morgan fingerprint density at radius 1 is 1.62 bits per heavy atom. The predicted octanol–water partition coefficient (Wildman–Crippen LogP) is 1.95. The molecule has 1 saturated heterocycles. The first-order chi connectivity index (χ1) is 7.56. The number of hydrogen-bond donors (Lipinski definition) is 1. The molecule has 1 aliphatic rings. The number of carbonyl (C=O) groups excluding carboxylic acids is 1. The fourth-order valence-electron chi connectivity index (χ4n) is 2.28. The molecule has 0 aromatic carbocycles. The third kappa shape index (κ3) is 3.44. The highest BCUT2D eigenvalue weighted by molar-refractivity contribution is 7.80. The maximum atomic E-state index is 12.1. The van der Waals surface area contributed by atoms with E-state index in [2.05, 4.69) is 6.92 Å². The SMILES string of the molecule is CCCC(C)C(=O)N1CCCC(C(N)=S)C1. The van der Waals surface area contributed by atoms with Crippen molar-refractivity contribution in [2.45, 2.75) is 39.5 Å². The van der Waals surface area contributed by atoms with Gasteiger partial charge < -0.3 is 10.6 Å². The third-order valence-corrected chi connectivity index (χ3v) is 3.61. The second kappa shape index (κ2) is 6.18. The highest BCUT2D eigenvalue weighted by Crippen LogP contribution is 2.19. The van der Waals surface area contributed by atoms with E-state index < -0.39 is 0 Å². The summed E-state index contributed by atoms with van der Waals surface area (Å²) >= 11 is 5.01. The molecule has 0 saturated carbocycles. The van der Waals surface area contributed by atoms with Crippen LogP contribution in [0.15, 0.2) is 0 Å². The lowest BCUT2D eigenvalue weighted by Crippen LogP contribution is -2.45. The number of likely N-dealkylation sites (tertiary alicyclic amines) is 1. The lowest BCUT2D eigenvalue weighted by Gasteiger charge is -2.33. The van der Waals surface area contributed by atoms with Crippen LogP contribution in [0.4, 0.5) is 0 Å². The first-order valence-electron chi connectivity index (χ1n) is 6.14. The van der Waals surface area contributed by atoms with Crippen molar-refractivity contribution in [2.24, 2.45) is 17.6 Å². The van der Waals surface area contributed by atoms with Gasteiger partial charge >= 0.3 is 0 Å². The van der Waals surface area contributed by atoms with E-state index in [1.807, 2.05) is 11.8 Å². The summed E-state index contributed by atoms with van der Waals surface area (Å²) in [6.07, 6.45) is 4.07. The van der Waals surface area contributed by atoms with Crippen LogP contribution in [0.25, 0.3) is 0 Å². The van der Waals surface area contributed by atoms with Crippen molar-refractivity contribution in [1.29, 1.82) is 0 Å². The first kappa shape index (κ1) is 13.4. The van der Waals surface area contributed by atoms with E-state index in [0.29, 0.717) is 4.99 Å². The normalized spacial score (nSPS) is 22.9. The molecule has 0 aliphatic carbocycles. The summed E-state index contributed by atoms with van der Waals surface area (Å²) in [5.74, 6) is 0.624. The number of nitrogens with zero attached hydrogens (tertiary/aromatic N) is 1. The maximum absolute atomic E-state index is 12.1. The summed E-state index contributed by atoms with van der Waals surface area (Å²) in [4.78, 5) is 14.6. The molecule has 0 spiro atoms. The van der Waals surface area contributed by atoms with Crippen molar-refractivity contribution < 1.29 is 4.79 Å². The van der Waals surface area contributed by atoms with Crippen molar-refractivity contribution >= 4 is 23.1 Å². The molecule has 1 rings (SSSR count). The van der Waals surface area contributed by atoms with Gasteiger partial charge in [-0.3, -0.25) is 4.79 Å². The fraction of sp³-hybridized carbons (Fsp3) is 0.833. The molecule has 0 radical (unpaired) electrons. The summed E-state index contributed by atoms with van der Waals surface area (Å²) in [7, 11) is 0. The highest BCUT2D eigenvalue weighted by atomic mass is 32.1. The molecule has 16 heavy (non-hydrogen) atoms. The van der Waals surface area contributed by atoms with Gasteiger partial charge in [0.2, 0.25) is 5.91 Å². The van der Waals surface area contributed by atoms with Gasteiger partial charge in [0.05, 0.1) is 4.99 Å². The van der Waals surface area contributed by atoms with Crippen molar-refractivity contribution in [3.05, 3.63) is 0 Å². The Labute approximate surface area is 103 Å². The van der Waals surface area contributed by atoms with Gasteiger partial charge in [0, 0.05) is 24.9 Å². The molecule has 4 heteroatoms. The smallest absolute Gasteiger partial charge is 0.225 e. The van der Waals surface area contributed by atoms with E-state index in [1.54, 1.807) is 0 Å². The van der Waals surface area contributed by atoms with E-state index in [-0.39, 0.29) is 17.7 Å². The second-order valence-corrected chi connectivity index (χ2v) is 5.19. The molecule has 92 valence electrons. The summed E-state index contributed by atoms with van der Waals surface area (Å²) < 4.78 is 0. The number of amides is 1. The monoisotopic (exact) mass is 242 g/mol. The Balaban J connectivity index is 2.53. The van der Waals surface area contributed by atoms with Crippen molar-refractivity contribution in [3.8, 4) is 0 Å². The molecule has 0 aromatic heterocycles. The number of piperidine rings is 1. The van der Waals surface area contributed by atoms with Crippen LogP contribution in [-0.4, -0.2) is 28.9 Å². The van der Waals surface area contributed by atoms with Crippen LogP contribution < -0.4 is 5.73 Å². The maximum Gasteiger partial charge on any atom is 0.225 e. The van der Waals surface area contributed by atoms with Crippen LogP contribution in [0, 0.1) is 11.8 Å². The van der Waals surface area contributed by atoms with Crippen molar-refractivity contribution in [1.82, 2.24) is 4.90 Å². The third-order valence-electron chi connectivity index (χ3n) is 3.28. The van der Waals surface area contributed by atoms with Gasteiger partial charge in [-0.05, 0) is 19.3 Å². The molecule has 1 amide bonds. The topological polar surface area (TPSA) is 46.3 Å². The molecule has 3 nitrogen and oxygen atoms in total. The number of thiocarbonyl (C=S) groups is 1. The standard InChI is InChI=1S/C12H22N2OS/c1-3-5-9(2)12(15)14-7-4-6-10(8-14)11(13)16/h9-10H,3-8H2,1-2H3,(H2,13,16). The Morgan fingerprint density at radius 2 is 2.31 bits per heavy atom. The fourth-order valence-corrected chi connectivity index (χ4v) is 2.47. The van der Waals surface area contributed by atoms with Crippen LogP contribution in [-0.2, 0) is 4.79 Å². The minimum absolute atomic E-state index is 0.134. The summed E-state index contributed by atoms with van der Waals surface area (Å²) in [6.45, 7) is 5.71. The molecule has 0 bridgehead atoms. The molecule has 1 aliphatic heterocycles. The molecule has 2 N–H and O–H groups in total. The Morgan fingerprint density at radius 3 is 2.88 bits per heavy atom. The highest BCUT2D eigenvalue weighted by Gasteiger charge is 2.27.